The Hall–Kier alpha value is -0.940. The molecule has 1 atom stereocenters. The molecule has 0 aromatic rings. The van der Waals surface area contributed by atoms with Crippen molar-refractivity contribution in [1.82, 2.24) is 5.01 Å². The lowest BCUT2D eigenvalue weighted by Gasteiger charge is -2.50. The minimum absolute atomic E-state index is 0.0210. The minimum atomic E-state index is -0.202. The van der Waals surface area contributed by atoms with E-state index in [9.17, 15) is 9.59 Å². The number of hydrogen-bond acceptors (Lipinski definition) is 3. The van der Waals surface area contributed by atoms with Gasteiger partial charge in [-0.25, -0.2) is 4.79 Å². The lowest BCUT2D eigenvalue weighted by Crippen LogP contribution is -2.70. The summed E-state index contributed by atoms with van der Waals surface area (Å²) in [5.74, 6) is -0.00149. The molecule has 107 valence electrons. The van der Waals surface area contributed by atoms with Gasteiger partial charge in [0, 0.05) is 19.0 Å². The maximum atomic E-state index is 12.5. The van der Waals surface area contributed by atoms with E-state index in [-0.39, 0.29) is 23.8 Å². The average Bonchev–Trinajstić information content (AvgIpc) is 2.39. The van der Waals surface area contributed by atoms with Crippen LogP contribution in [0.5, 0.6) is 0 Å². The molecule has 2 saturated heterocycles. The molecule has 19 heavy (non-hydrogen) atoms. The molecular formula is C14H25N3O2+. The van der Waals surface area contributed by atoms with Crippen LogP contribution in [-0.2, 0) is 9.59 Å². The Morgan fingerprint density at radius 3 is 2.53 bits per heavy atom. The number of nitrogens with zero attached hydrogens (tertiary/aromatic N) is 2. The summed E-state index contributed by atoms with van der Waals surface area (Å²) in [6, 6.07) is 0.245. The van der Waals surface area contributed by atoms with Crippen LogP contribution in [0, 0.1) is 12.3 Å². The Morgan fingerprint density at radius 1 is 1.42 bits per heavy atom. The van der Waals surface area contributed by atoms with Gasteiger partial charge in [0.1, 0.15) is 12.6 Å². The van der Waals surface area contributed by atoms with Gasteiger partial charge < -0.3 is 5.73 Å². The highest BCUT2D eigenvalue weighted by atomic mass is 16.2. The Morgan fingerprint density at radius 2 is 2.05 bits per heavy atom. The zero-order valence-electron chi connectivity index (χ0n) is 12.0. The highest BCUT2D eigenvalue weighted by Gasteiger charge is 2.48. The second kappa shape index (κ2) is 5.59. The van der Waals surface area contributed by atoms with Gasteiger partial charge in [-0.3, -0.25) is 4.79 Å². The summed E-state index contributed by atoms with van der Waals surface area (Å²) < 4.78 is 0.436. The Bertz CT molecular complexity index is 362. The number of carbonyl (C=O) groups is 2. The second-order valence-electron chi connectivity index (χ2n) is 5.96. The predicted octanol–water partition coefficient (Wildman–Crippen LogP) is 0.849. The van der Waals surface area contributed by atoms with Gasteiger partial charge in [0.05, 0.1) is 6.42 Å². The van der Waals surface area contributed by atoms with Crippen molar-refractivity contribution in [3.63, 3.8) is 0 Å². The van der Waals surface area contributed by atoms with Crippen molar-refractivity contribution in [2.45, 2.75) is 45.6 Å². The maximum absolute atomic E-state index is 12.5. The molecule has 2 heterocycles. The zero-order chi connectivity index (χ0) is 14.0. The van der Waals surface area contributed by atoms with Crippen LogP contribution in [0.15, 0.2) is 0 Å². The van der Waals surface area contributed by atoms with Crippen molar-refractivity contribution >= 4 is 11.8 Å². The molecular weight excluding hydrogens is 242 g/mol. The Labute approximate surface area is 115 Å². The van der Waals surface area contributed by atoms with Crippen LogP contribution >= 0.6 is 0 Å². The van der Waals surface area contributed by atoms with Crippen molar-refractivity contribution in [3.8, 4) is 0 Å². The maximum Gasteiger partial charge on any atom is 0.337 e. The van der Waals surface area contributed by atoms with E-state index in [1.165, 1.54) is 0 Å². The number of likely N-dealkylation sites (tertiary alicyclic amines) is 1. The van der Waals surface area contributed by atoms with E-state index in [4.69, 9.17) is 5.73 Å². The molecule has 2 rings (SSSR count). The van der Waals surface area contributed by atoms with Gasteiger partial charge in [-0.1, -0.05) is 0 Å². The number of amides is 2. The van der Waals surface area contributed by atoms with E-state index in [2.05, 4.69) is 18.9 Å². The number of nitrogens with two attached hydrogens (primary N) is 1. The van der Waals surface area contributed by atoms with Crippen molar-refractivity contribution in [1.29, 1.82) is 0 Å². The largest absolute Gasteiger partial charge is 0.369 e. The summed E-state index contributed by atoms with van der Waals surface area (Å²) in [4.78, 5) is 23.7. The quantitative estimate of drug-likeness (QED) is 0.771. The molecule has 1 unspecified atom stereocenters. The fraction of sp³-hybridized carbons (Fsp3) is 0.786. The number of hydrogen-bond donors (Lipinski definition) is 1. The van der Waals surface area contributed by atoms with Crippen molar-refractivity contribution in [3.05, 3.63) is 6.42 Å². The summed E-state index contributed by atoms with van der Waals surface area (Å²) in [5, 5.41) is 2.25. The lowest BCUT2D eigenvalue weighted by molar-refractivity contribution is -0.988. The minimum Gasteiger partial charge on any atom is -0.369 e. The molecule has 2 N–H and O–H groups in total. The summed E-state index contributed by atoms with van der Waals surface area (Å²) >= 11 is 0. The van der Waals surface area contributed by atoms with E-state index in [0.717, 1.165) is 45.3 Å². The average molecular weight is 267 g/mol. The van der Waals surface area contributed by atoms with Gasteiger partial charge in [0.2, 0.25) is 5.91 Å². The number of primary amides is 1. The monoisotopic (exact) mass is 267 g/mol. The van der Waals surface area contributed by atoms with Crippen molar-refractivity contribution in [2.75, 3.05) is 19.6 Å². The van der Waals surface area contributed by atoms with Gasteiger partial charge in [-0.05, 0) is 39.5 Å². The van der Waals surface area contributed by atoms with Crippen LogP contribution in [0.2, 0.25) is 0 Å². The molecule has 2 fully saturated rings. The Balaban J connectivity index is 2.13. The van der Waals surface area contributed by atoms with Crippen molar-refractivity contribution in [2.24, 2.45) is 11.7 Å². The first-order valence-corrected chi connectivity index (χ1v) is 7.28. The fourth-order valence-electron chi connectivity index (χ4n) is 3.45. The number of carbonyl (C=O) groups excluding carboxylic acids is 2. The lowest BCUT2D eigenvalue weighted by atomic mass is 9.96. The fourth-order valence-corrected chi connectivity index (χ4v) is 3.45. The second-order valence-corrected chi connectivity index (χ2v) is 5.96. The zero-order valence-corrected chi connectivity index (χ0v) is 12.0. The molecule has 0 aromatic carbocycles. The van der Waals surface area contributed by atoms with Crippen LogP contribution in [0.3, 0.4) is 0 Å². The molecule has 0 spiro atoms. The van der Waals surface area contributed by atoms with E-state index in [1.807, 2.05) is 6.42 Å². The standard InChI is InChI=1S/C14H24N3O2/c1-11(2)17(10-4-3-5-13(17)18)16-8-6-12(7-9-16)14(15)19/h5,11-12H,3-4,6-10H2,1-2H3,(H-,15,19)/p+1. The molecule has 5 nitrogen and oxygen atoms in total. The van der Waals surface area contributed by atoms with Crippen LogP contribution in [-0.4, -0.2) is 47.1 Å². The van der Waals surface area contributed by atoms with E-state index >= 15 is 0 Å². The van der Waals surface area contributed by atoms with Crippen LogP contribution in [0.4, 0.5) is 0 Å². The molecule has 1 radical (unpaired) electrons. The van der Waals surface area contributed by atoms with Crippen LogP contribution < -0.4 is 5.73 Å². The molecule has 0 aliphatic carbocycles. The van der Waals surface area contributed by atoms with E-state index in [1.54, 1.807) is 0 Å². The number of rotatable bonds is 3. The number of piperidine rings is 2. The Kier molecular flexibility index (Phi) is 4.26. The van der Waals surface area contributed by atoms with Gasteiger partial charge in [0.15, 0.2) is 0 Å². The molecule has 0 saturated carbocycles. The molecule has 2 aliphatic rings. The first kappa shape index (κ1) is 14.5. The SMILES string of the molecule is CC(C)[N+]1(N2CCC(C(N)=O)CC2)CCC[CH]C1=O. The summed E-state index contributed by atoms with van der Waals surface area (Å²) in [7, 11) is 0. The first-order valence-electron chi connectivity index (χ1n) is 7.28. The molecule has 5 heteroatoms. The van der Waals surface area contributed by atoms with Gasteiger partial charge in [-0.2, -0.15) is 4.59 Å². The first-order chi connectivity index (χ1) is 8.98. The van der Waals surface area contributed by atoms with Crippen LogP contribution in [0.1, 0.15) is 39.5 Å². The highest BCUT2D eigenvalue weighted by molar-refractivity contribution is 5.79. The topological polar surface area (TPSA) is 63.4 Å². The summed E-state index contributed by atoms with van der Waals surface area (Å²) in [5.41, 5.74) is 5.38. The van der Waals surface area contributed by atoms with Gasteiger partial charge >= 0.3 is 5.91 Å². The summed E-state index contributed by atoms with van der Waals surface area (Å²) in [6.07, 6.45) is 5.33. The van der Waals surface area contributed by atoms with Gasteiger partial charge in [-0.15, -0.1) is 5.01 Å². The predicted molar refractivity (Wildman–Crippen MR) is 72.3 cm³/mol. The summed E-state index contributed by atoms with van der Waals surface area (Å²) in [6.45, 7) is 6.67. The molecule has 2 aliphatic heterocycles. The number of quaternary nitrogens is 1. The normalized spacial score (nSPS) is 30.8. The molecule has 2 amide bonds. The smallest absolute Gasteiger partial charge is 0.337 e. The molecule has 0 aromatic heterocycles. The van der Waals surface area contributed by atoms with Gasteiger partial charge in [0.25, 0.3) is 0 Å². The third-order valence-corrected chi connectivity index (χ3v) is 4.64. The van der Waals surface area contributed by atoms with Crippen LogP contribution in [0.25, 0.3) is 0 Å². The third-order valence-electron chi connectivity index (χ3n) is 4.64. The third kappa shape index (κ3) is 2.54. The van der Waals surface area contributed by atoms with E-state index < -0.39 is 0 Å². The van der Waals surface area contributed by atoms with Crippen molar-refractivity contribution < 1.29 is 14.2 Å². The highest BCUT2D eigenvalue weighted by Crippen LogP contribution is 2.30. The molecule has 0 bridgehead atoms. The van der Waals surface area contributed by atoms with E-state index in [0.29, 0.717) is 4.59 Å².